The third-order valence-electron chi connectivity index (χ3n) is 5.78. The SMILES string of the molecule is CC(C)n1nccc1C(=O)NC(c1cn2ncc(CBr)cc2n1)C1CCC(F)(F)CC1. The van der Waals surface area contributed by atoms with Crippen LogP contribution < -0.4 is 5.32 Å². The topological polar surface area (TPSA) is 77.1 Å². The Bertz CT molecular complexity index is 1070. The fraction of sp³-hybridized carbons (Fsp3) is 0.524. The molecule has 3 aromatic rings. The van der Waals surface area contributed by atoms with Gasteiger partial charge < -0.3 is 5.32 Å². The van der Waals surface area contributed by atoms with Crippen molar-refractivity contribution in [2.75, 3.05) is 0 Å². The number of halogens is 3. The zero-order valence-electron chi connectivity index (χ0n) is 17.4. The van der Waals surface area contributed by atoms with Crippen molar-refractivity contribution in [3.05, 3.63) is 47.7 Å². The minimum atomic E-state index is -2.65. The number of amides is 1. The average Bonchev–Trinajstić information content (AvgIpc) is 3.38. The standard InChI is InChI=1S/C21H25BrF2N6O/c1-13(2)30-17(5-8-25-30)20(31)28-19(15-3-6-21(23,24)7-4-15)16-12-29-18(27-16)9-14(10-22)11-26-29/h5,8-9,11-13,15,19H,3-4,6-7,10H2,1-2H3,(H,28,31). The highest BCUT2D eigenvalue weighted by Gasteiger charge is 2.39. The highest BCUT2D eigenvalue weighted by molar-refractivity contribution is 9.08. The van der Waals surface area contributed by atoms with E-state index in [4.69, 9.17) is 0 Å². The van der Waals surface area contributed by atoms with Gasteiger partial charge in [0, 0.05) is 30.4 Å². The molecule has 3 aromatic heterocycles. The Hall–Kier alpha value is -2.36. The molecule has 1 aliphatic carbocycles. The predicted molar refractivity (Wildman–Crippen MR) is 115 cm³/mol. The third kappa shape index (κ3) is 4.63. The molecule has 0 aromatic carbocycles. The van der Waals surface area contributed by atoms with Crippen LogP contribution in [-0.4, -0.2) is 36.2 Å². The normalized spacial score (nSPS) is 17.9. The van der Waals surface area contributed by atoms with E-state index in [1.807, 2.05) is 19.9 Å². The minimum Gasteiger partial charge on any atom is -0.342 e. The van der Waals surface area contributed by atoms with Crippen molar-refractivity contribution in [1.82, 2.24) is 29.7 Å². The summed E-state index contributed by atoms with van der Waals surface area (Å²) in [7, 11) is 0. The van der Waals surface area contributed by atoms with Gasteiger partial charge in [-0.15, -0.1) is 0 Å². The second-order valence-corrected chi connectivity index (χ2v) is 8.93. The smallest absolute Gasteiger partial charge is 0.270 e. The van der Waals surface area contributed by atoms with Crippen LogP contribution in [0.4, 0.5) is 8.78 Å². The first-order valence-corrected chi connectivity index (χ1v) is 11.5. The number of alkyl halides is 3. The molecule has 0 radical (unpaired) electrons. The van der Waals surface area contributed by atoms with E-state index in [1.54, 1.807) is 33.9 Å². The molecule has 0 bridgehead atoms. The van der Waals surface area contributed by atoms with Crippen molar-refractivity contribution in [2.45, 2.75) is 62.9 Å². The number of hydrogen-bond donors (Lipinski definition) is 1. The molecule has 1 atom stereocenters. The van der Waals surface area contributed by atoms with Crippen molar-refractivity contribution in [2.24, 2.45) is 5.92 Å². The Morgan fingerprint density at radius 1 is 1.32 bits per heavy atom. The summed E-state index contributed by atoms with van der Waals surface area (Å²) < 4.78 is 30.9. The number of rotatable bonds is 6. The first-order chi connectivity index (χ1) is 14.8. The Morgan fingerprint density at radius 3 is 2.74 bits per heavy atom. The summed E-state index contributed by atoms with van der Waals surface area (Å²) in [5.74, 6) is -3.08. The Labute approximate surface area is 187 Å². The highest BCUT2D eigenvalue weighted by Crippen LogP contribution is 2.41. The average molecular weight is 495 g/mol. The van der Waals surface area contributed by atoms with E-state index in [2.05, 4.69) is 36.4 Å². The van der Waals surface area contributed by atoms with Crippen LogP contribution in [0.2, 0.25) is 0 Å². The van der Waals surface area contributed by atoms with E-state index >= 15 is 0 Å². The van der Waals surface area contributed by atoms with E-state index in [9.17, 15) is 13.6 Å². The molecule has 7 nitrogen and oxygen atoms in total. The molecule has 1 saturated carbocycles. The summed E-state index contributed by atoms with van der Waals surface area (Å²) in [5.41, 5.74) is 2.69. The minimum absolute atomic E-state index is 0.0182. The molecule has 1 amide bonds. The molecular weight excluding hydrogens is 470 g/mol. The maximum Gasteiger partial charge on any atom is 0.270 e. The predicted octanol–water partition coefficient (Wildman–Crippen LogP) is 4.70. The molecule has 0 aliphatic heterocycles. The summed E-state index contributed by atoms with van der Waals surface area (Å²) in [6, 6.07) is 3.10. The van der Waals surface area contributed by atoms with Crippen LogP contribution >= 0.6 is 15.9 Å². The summed E-state index contributed by atoms with van der Waals surface area (Å²) in [6.07, 6.45) is 5.35. The van der Waals surface area contributed by atoms with Gasteiger partial charge in [0.15, 0.2) is 5.65 Å². The lowest BCUT2D eigenvalue weighted by Crippen LogP contribution is -2.38. The number of imidazole rings is 1. The van der Waals surface area contributed by atoms with Crippen molar-refractivity contribution < 1.29 is 13.6 Å². The van der Waals surface area contributed by atoms with Crippen molar-refractivity contribution in [1.29, 1.82) is 0 Å². The summed E-state index contributed by atoms with van der Waals surface area (Å²) in [5, 5.41) is 12.3. The fourth-order valence-electron chi connectivity index (χ4n) is 4.11. The largest absolute Gasteiger partial charge is 0.342 e. The van der Waals surface area contributed by atoms with Crippen LogP contribution in [0, 0.1) is 5.92 Å². The lowest BCUT2D eigenvalue weighted by molar-refractivity contribution is -0.0495. The number of hydrogen-bond acceptors (Lipinski definition) is 4. The Kier molecular flexibility index (Phi) is 6.09. The molecule has 3 heterocycles. The zero-order valence-corrected chi connectivity index (χ0v) is 19.0. The highest BCUT2D eigenvalue weighted by atomic mass is 79.9. The number of fused-ring (bicyclic) bond motifs is 1. The summed E-state index contributed by atoms with van der Waals surface area (Å²) >= 11 is 3.41. The lowest BCUT2D eigenvalue weighted by atomic mass is 9.81. The van der Waals surface area contributed by atoms with Crippen LogP contribution in [0.1, 0.15) is 73.4 Å². The molecule has 10 heteroatoms. The molecule has 4 rings (SSSR count). The van der Waals surface area contributed by atoms with Gasteiger partial charge in [-0.25, -0.2) is 18.3 Å². The quantitative estimate of drug-likeness (QED) is 0.503. The molecule has 1 N–H and O–H groups in total. The van der Waals surface area contributed by atoms with Crippen LogP contribution in [0.15, 0.2) is 30.7 Å². The zero-order chi connectivity index (χ0) is 22.2. The number of carbonyl (C=O) groups excluding carboxylic acids is 1. The van der Waals surface area contributed by atoms with Gasteiger partial charge in [0.05, 0.1) is 24.1 Å². The fourth-order valence-corrected chi connectivity index (χ4v) is 4.41. The van der Waals surface area contributed by atoms with E-state index in [0.29, 0.717) is 35.2 Å². The second kappa shape index (κ2) is 8.64. The third-order valence-corrected chi connectivity index (χ3v) is 6.43. The first-order valence-electron chi connectivity index (χ1n) is 10.4. The molecule has 31 heavy (non-hydrogen) atoms. The van der Waals surface area contributed by atoms with E-state index in [0.717, 1.165) is 5.56 Å². The summed E-state index contributed by atoms with van der Waals surface area (Å²) in [6.45, 7) is 3.89. The monoisotopic (exact) mass is 494 g/mol. The van der Waals surface area contributed by atoms with Gasteiger partial charge in [0.25, 0.3) is 5.91 Å². The molecule has 1 unspecified atom stereocenters. The Morgan fingerprint density at radius 2 is 2.06 bits per heavy atom. The molecule has 0 saturated heterocycles. The van der Waals surface area contributed by atoms with Gasteiger partial charge in [-0.3, -0.25) is 9.48 Å². The number of nitrogens with one attached hydrogen (secondary N) is 1. The van der Waals surface area contributed by atoms with Crippen LogP contribution in [0.25, 0.3) is 5.65 Å². The van der Waals surface area contributed by atoms with Crippen molar-refractivity contribution in [3.63, 3.8) is 0 Å². The summed E-state index contributed by atoms with van der Waals surface area (Å²) in [4.78, 5) is 17.8. The maximum absolute atomic E-state index is 13.8. The van der Waals surface area contributed by atoms with E-state index in [-0.39, 0.29) is 30.7 Å². The van der Waals surface area contributed by atoms with Crippen molar-refractivity contribution in [3.8, 4) is 0 Å². The van der Waals surface area contributed by atoms with Crippen molar-refractivity contribution >= 4 is 27.5 Å². The van der Waals surface area contributed by atoms with Gasteiger partial charge in [0.2, 0.25) is 5.92 Å². The van der Waals surface area contributed by atoms with Crippen LogP contribution in [-0.2, 0) is 5.33 Å². The van der Waals surface area contributed by atoms with E-state index in [1.165, 1.54) is 0 Å². The number of nitrogens with zero attached hydrogens (tertiary/aromatic N) is 5. The molecule has 1 fully saturated rings. The molecular formula is C21H25BrF2N6O. The number of aromatic nitrogens is 5. The maximum atomic E-state index is 13.8. The van der Waals surface area contributed by atoms with Gasteiger partial charge in [-0.2, -0.15) is 10.2 Å². The molecule has 166 valence electrons. The van der Waals surface area contributed by atoms with Gasteiger partial charge >= 0.3 is 0 Å². The molecule has 1 aliphatic rings. The van der Waals surface area contributed by atoms with Gasteiger partial charge in [0.1, 0.15) is 5.69 Å². The first kappa shape index (κ1) is 21.9. The van der Waals surface area contributed by atoms with Gasteiger partial charge in [-0.05, 0) is 50.3 Å². The van der Waals surface area contributed by atoms with Crippen LogP contribution in [0.5, 0.6) is 0 Å². The lowest BCUT2D eigenvalue weighted by Gasteiger charge is -2.33. The molecule has 0 spiro atoms. The number of carbonyl (C=O) groups is 1. The van der Waals surface area contributed by atoms with Crippen LogP contribution in [0.3, 0.4) is 0 Å². The second-order valence-electron chi connectivity index (χ2n) is 8.37. The van der Waals surface area contributed by atoms with E-state index < -0.39 is 12.0 Å². The Balaban J connectivity index is 1.66. The van der Waals surface area contributed by atoms with Gasteiger partial charge in [-0.1, -0.05) is 15.9 Å².